The number of hydrogen-bond acceptors (Lipinski definition) is 4. The van der Waals surface area contributed by atoms with Crippen molar-refractivity contribution in [3.63, 3.8) is 0 Å². The van der Waals surface area contributed by atoms with E-state index in [9.17, 15) is 0 Å². The maximum absolute atomic E-state index is 9.17. The predicted octanol–water partition coefficient (Wildman–Crippen LogP) is 33.2. The van der Waals surface area contributed by atoms with Crippen LogP contribution in [0.15, 0.2) is 284 Å². The molecule has 0 amide bonds. The zero-order chi connectivity index (χ0) is 122. The van der Waals surface area contributed by atoms with Gasteiger partial charge in [0.1, 0.15) is 72.9 Å². The second kappa shape index (κ2) is 37.7. The molecule has 1 aliphatic rings. The van der Waals surface area contributed by atoms with Gasteiger partial charge in [0, 0.05) is 154 Å². The van der Waals surface area contributed by atoms with Crippen LogP contribution in [-0.2, 0) is 40.9 Å². The lowest BCUT2D eigenvalue weighted by Crippen LogP contribution is -2.35. The Morgan fingerprint density at radius 3 is 0.934 bits per heavy atom. The summed E-state index contributed by atoms with van der Waals surface area (Å²) in [7, 11) is 7.66. The smallest absolute Gasteiger partial charge is 0.216 e. The number of aryl methyl sites for hydroxylation is 8. The molecule has 20 aromatic rings. The van der Waals surface area contributed by atoms with Crippen LogP contribution < -0.4 is 18.3 Å². The van der Waals surface area contributed by atoms with Gasteiger partial charge in [0.25, 0.3) is 0 Å². The number of furan rings is 4. The first-order chi connectivity index (χ1) is 77.7. The van der Waals surface area contributed by atoms with Gasteiger partial charge in [0.15, 0.2) is 45.5 Å². The third kappa shape index (κ3) is 17.3. The summed E-state index contributed by atoms with van der Waals surface area (Å²) in [5, 5.41) is 5.50. The number of fused-ring (bicyclic) bond motifs is 12. The van der Waals surface area contributed by atoms with Crippen LogP contribution in [-0.4, -0.2) is 0 Å². The molecule has 0 saturated heterocycles. The van der Waals surface area contributed by atoms with Gasteiger partial charge < -0.3 is 17.7 Å². The normalized spacial score (nSPS) is 16.2. The van der Waals surface area contributed by atoms with E-state index < -0.39 is 146 Å². The van der Waals surface area contributed by atoms with Crippen molar-refractivity contribution in [1.29, 1.82) is 0 Å². The first-order valence-electron chi connectivity index (χ1n) is 59.6. The van der Waals surface area contributed by atoms with Crippen LogP contribution in [0, 0.1) is 93.0 Å². The van der Waals surface area contributed by atoms with Crippen molar-refractivity contribution in [3.05, 3.63) is 379 Å². The van der Waals surface area contributed by atoms with E-state index in [0.29, 0.717) is 82.8 Å². The van der Waals surface area contributed by atoms with Crippen molar-refractivity contribution >= 4 is 111 Å². The summed E-state index contributed by atoms with van der Waals surface area (Å²) >= 11 is 0. The van der Waals surface area contributed by atoms with E-state index in [2.05, 4.69) is 36.1 Å². The van der Waals surface area contributed by atoms with Crippen molar-refractivity contribution in [3.8, 4) is 89.5 Å². The number of hydrogen-bond donors (Lipinski definition) is 0. The van der Waals surface area contributed by atoms with Crippen LogP contribution >= 0.6 is 0 Å². The third-order valence-corrected chi connectivity index (χ3v) is 25.7. The molecule has 1 unspecified atom stereocenters. The largest absolute Gasteiger partial charge is 0.456 e. The van der Waals surface area contributed by atoms with Gasteiger partial charge in [-0.1, -0.05) is 279 Å². The number of pyridine rings is 4. The minimum atomic E-state index is -2.58. The van der Waals surface area contributed by atoms with E-state index in [-0.39, 0.29) is 102 Å². The van der Waals surface area contributed by atoms with Gasteiger partial charge in [-0.05, 0) is 143 Å². The lowest BCUT2D eigenvalue weighted by Gasteiger charge is -2.18. The highest BCUT2D eigenvalue weighted by Crippen LogP contribution is 2.51. The molecule has 1 aliphatic carbocycles. The molecule has 0 N–H and O–H groups in total. The van der Waals surface area contributed by atoms with E-state index in [1.54, 1.807) is 60.7 Å². The standard InChI is InChI=1S/C32H29N2O.C32H31N2O.C31H29N2O.C30H27N2O/c1-20-14-15-25-26-16-17-27(33-3)30(23-12-6-5-7-13-23)32(26)35-31(25)29(20)28-19-24(18-21(2)34(28)4)22-10-8-9-11-22;1-20-13-14-24-25-15-16-26(33-6)29(23-11-9-8-10-12-23)31(25)35-30(24)28(20)27-18-22(19-32(3,4)5)17-21(2)34(27)7;1-19(2)16-22-17-21(4)33(6)27(18-22)28-20(3)12-13-24-25-14-15-26(32-5)29(31(25)34-30(24)28)23-10-8-7-9-11-23;1-18(2)22-16-20(4)32(6)26(17-22)27-19(3)12-13-23-24-14-15-25(31-5)28(30(24)33-29(23)27)21-10-8-7-9-11-21/h5-7,12-19,22H,8-11H2,1-2,4H3;8-18H,19H2,1-5,7H3;7-15,17-19H,16H2,1-4,6H3;7-18H,1-4,6H3/q4*+1/i5D,6D,7D,12D,13D,22D;8D,9D,10D,11D,12D,19D2;7D,8D,9D,10D,11D,16D2;1D3,7D,8D,9D,10D,11D,18D. The second-order valence-corrected chi connectivity index (χ2v) is 36.2. The molecule has 12 heteroatoms. The average Bonchev–Trinajstić information content (AvgIpc) is 1.57. The SMILES string of the molecule is [2H]c1c([2H])c([2H])c(-c2c([N+]#[C-])ccc3c2oc2c(-c4cc(C([2H])(C)C([2H])([2H])[2H])cc(C)[n+]4C)c(C)ccc23)c([2H])c1[2H].[2H]c1c([2H])c([2H])c(-c2c([N+]#[C-])ccc3c2oc2c(-c4cc(C([2H])([2H])C(C)(C)C)cc(C)[n+]4C)c(C)ccc23)c([2H])c1[2H].[2H]c1c([2H])c([2H])c(-c2c([N+]#[C-])ccc3c2oc2c(-c4cc(C([2H])([2H])C(C)C)cc(C)[n+]4C)c(C)ccc23)c([2H])c1[2H].[2H]c1c([2H])c([2H])c(-c2c([N+]#[C-])ccc3c2oc2c(-c4cc(C5([2H])CCCC5)cc(C)[n+]4C)c(C)ccc23)c([2H])c1[2H]. The zero-order valence-corrected chi connectivity index (χ0v) is 79.5. The van der Waals surface area contributed by atoms with Crippen molar-refractivity contribution in [1.82, 2.24) is 0 Å². The highest BCUT2D eigenvalue weighted by molar-refractivity contribution is 6.19. The molecule has 8 heterocycles. The van der Waals surface area contributed by atoms with Gasteiger partial charge in [-0.3, -0.25) is 0 Å². The Kier molecular flexibility index (Phi) is 17.3. The maximum Gasteiger partial charge on any atom is 0.216 e. The minimum Gasteiger partial charge on any atom is -0.456 e. The van der Waals surface area contributed by atoms with E-state index in [0.717, 1.165) is 126 Å². The molecule has 0 bridgehead atoms. The molecule has 0 aliphatic heterocycles. The number of aromatic nitrogens is 4. The highest BCUT2D eigenvalue weighted by atomic mass is 16.3. The van der Waals surface area contributed by atoms with Gasteiger partial charge in [-0.25, -0.2) is 19.4 Å². The summed E-state index contributed by atoms with van der Waals surface area (Å²) in [4.78, 5) is 14.5. The molecule has 676 valence electrons. The molecular weight excluding hydrogens is 1680 g/mol. The first-order valence-corrected chi connectivity index (χ1v) is 45.1. The summed E-state index contributed by atoms with van der Waals surface area (Å²) in [5.41, 5.74) is 18.6. The maximum atomic E-state index is 9.17. The Hall–Kier alpha value is -15.6. The molecule has 0 spiro atoms. The molecule has 8 aromatic heterocycles. The highest BCUT2D eigenvalue weighted by Gasteiger charge is 2.33. The molecule has 12 nitrogen and oxygen atoms in total. The van der Waals surface area contributed by atoms with Gasteiger partial charge >= 0.3 is 0 Å². The Morgan fingerprint density at radius 1 is 0.365 bits per heavy atom. The molecule has 21 rings (SSSR count). The van der Waals surface area contributed by atoms with Crippen LogP contribution in [0.4, 0.5) is 22.7 Å². The Labute approximate surface area is 845 Å². The summed E-state index contributed by atoms with van der Waals surface area (Å²) in [6.07, 6.45) is 0.542. The van der Waals surface area contributed by atoms with Crippen molar-refractivity contribution in [2.45, 2.75) is 154 Å². The average molecular weight is 1820 g/mol. The fraction of sp³-hybridized carbons (Fsp3) is 0.232. The number of nitrogens with zero attached hydrogens (tertiary/aromatic N) is 8. The summed E-state index contributed by atoms with van der Waals surface area (Å²) in [5.74, 6) is -2.76. The van der Waals surface area contributed by atoms with Gasteiger partial charge in [0.05, 0.1) is 76.0 Å². The van der Waals surface area contributed by atoms with Crippen LogP contribution in [0.5, 0.6) is 0 Å². The second-order valence-electron chi connectivity index (χ2n) is 36.2. The van der Waals surface area contributed by atoms with Gasteiger partial charge in [-0.15, -0.1) is 0 Å². The lowest BCUT2D eigenvalue weighted by atomic mass is 9.87. The van der Waals surface area contributed by atoms with Crippen LogP contribution in [0.3, 0.4) is 0 Å². The fourth-order valence-corrected chi connectivity index (χ4v) is 18.7. The minimum absolute atomic E-state index is 0.0503. The molecule has 1 atom stereocenters. The lowest BCUT2D eigenvalue weighted by molar-refractivity contribution is -0.666. The first kappa shape index (κ1) is 62.8. The molecule has 12 aromatic carbocycles. The monoisotopic (exact) mass is 1820 g/mol. The molecular formula is C125H116N8O4+4. The van der Waals surface area contributed by atoms with Gasteiger partial charge in [-0.2, -0.15) is 18.3 Å². The topological polar surface area (TPSA) is 85.5 Å². The van der Waals surface area contributed by atoms with Crippen molar-refractivity contribution in [2.24, 2.45) is 39.5 Å². The zero-order valence-electron chi connectivity index (χ0n) is 108. The van der Waals surface area contributed by atoms with E-state index in [1.807, 2.05) is 205 Å². The molecule has 1 fully saturated rings. The Bertz CT molecular complexity index is 9530. The quantitative estimate of drug-likeness (QED) is 0.0850. The molecule has 1 saturated carbocycles. The van der Waals surface area contributed by atoms with Crippen LogP contribution in [0.25, 0.3) is 197 Å². The fourth-order valence-electron chi connectivity index (χ4n) is 18.7. The number of benzene rings is 12. The Balaban J connectivity index is 0.000000142. The van der Waals surface area contributed by atoms with Gasteiger partial charge in [0.2, 0.25) is 22.8 Å². The predicted molar refractivity (Wildman–Crippen MR) is 563 cm³/mol. The summed E-state index contributed by atoms with van der Waals surface area (Å²) in [6.45, 7) is 54.9. The van der Waals surface area contributed by atoms with Crippen LogP contribution in [0.2, 0.25) is 0 Å². The summed E-state index contributed by atoms with van der Waals surface area (Å²) in [6, 6.07) is 34.6. The molecule has 0 radical (unpaired) electrons. The summed E-state index contributed by atoms with van der Waals surface area (Å²) < 4.78 is 278. The van der Waals surface area contributed by atoms with E-state index in [1.165, 1.54) is 6.92 Å². The Morgan fingerprint density at radius 2 is 0.635 bits per heavy atom. The van der Waals surface area contributed by atoms with E-state index >= 15 is 0 Å². The van der Waals surface area contributed by atoms with E-state index in [4.69, 9.17) is 83.7 Å². The third-order valence-electron chi connectivity index (χ3n) is 25.7. The number of rotatable bonds is 13. The van der Waals surface area contributed by atoms with Crippen molar-refractivity contribution < 1.29 is 75.7 Å². The molecule has 137 heavy (non-hydrogen) atoms. The van der Waals surface area contributed by atoms with Crippen LogP contribution in [0.1, 0.15) is 193 Å². The van der Waals surface area contributed by atoms with Crippen molar-refractivity contribution in [2.75, 3.05) is 0 Å².